The Bertz CT molecular complexity index is 339. The van der Waals surface area contributed by atoms with Crippen molar-refractivity contribution in [3.8, 4) is 6.07 Å². The van der Waals surface area contributed by atoms with E-state index < -0.39 is 15.8 Å². The van der Waals surface area contributed by atoms with Crippen molar-refractivity contribution in [1.82, 2.24) is 4.72 Å². The van der Waals surface area contributed by atoms with Crippen LogP contribution in [0.5, 0.6) is 0 Å². The van der Waals surface area contributed by atoms with Crippen molar-refractivity contribution in [2.45, 2.75) is 19.8 Å². The zero-order chi connectivity index (χ0) is 11.4. The minimum absolute atomic E-state index is 0.0409. The molecule has 1 fully saturated rings. The summed E-state index contributed by atoms with van der Waals surface area (Å²) in [5.74, 6) is -0.473. The van der Waals surface area contributed by atoms with Crippen LogP contribution >= 0.6 is 0 Å². The van der Waals surface area contributed by atoms with E-state index in [-0.39, 0.29) is 5.41 Å². The van der Waals surface area contributed by atoms with Crippen molar-refractivity contribution in [2.75, 3.05) is 25.5 Å². The van der Waals surface area contributed by atoms with Crippen LogP contribution in [0.25, 0.3) is 0 Å². The lowest BCUT2D eigenvalue weighted by Crippen LogP contribution is -2.40. The molecule has 0 bridgehead atoms. The topological polar surface area (TPSA) is 79.2 Å². The van der Waals surface area contributed by atoms with Gasteiger partial charge in [-0.1, -0.05) is 6.92 Å². The summed E-state index contributed by atoms with van der Waals surface area (Å²) in [5, 5.41) is 8.31. The maximum absolute atomic E-state index is 11.3. The molecule has 0 aromatic heterocycles. The molecule has 0 aromatic carbocycles. The average molecular weight is 232 g/mol. The minimum atomic E-state index is -3.42. The van der Waals surface area contributed by atoms with Crippen LogP contribution in [0, 0.1) is 16.7 Å². The van der Waals surface area contributed by atoms with Crippen LogP contribution in [0.1, 0.15) is 19.8 Å². The number of ether oxygens (including phenoxy) is 1. The molecule has 0 unspecified atom stereocenters. The van der Waals surface area contributed by atoms with Gasteiger partial charge in [0.15, 0.2) is 5.75 Å². The van der Waals surface area contributed by atoms with Gasteiger partial charge < -0.3 is 4.74 Å². The summed E-state index contributed by atoms with van der Waals surface area (Å²) < 4.78 is 30.2. The van der Waals surface area contributed by atoms with Gasteiger partial charge in [-0.2, -0.15) is 5.26 Å². The molecular weight excluding hydrogens is 216 g/mol. The Hall–Kier alpha value is -0.640. The molecule has 0 spiro atoms. The molecule has 1 aliphatic rings. The summed E-state index contributed by atoms with van der Waals surface area (Å²) in [6, 6.07) is 1.63. The van der Waals surface area contributed by atoms with E-state index in [0.717, 1.165) is 12.8 Å². The first-order valence-electron chi connectivity index (χ1n) is 4.89. The molecule has 0 radical (unpaired) electrons. The number of hydrogen-bond donors (Lipinski definition) is 1. The van der Waals surface area contributed by atoms with Gasteiger partial charge in [0.25, 0.3) is 0 Å². The third kappa shape index (κ3) is 4.16. The third-order valence-corrected chi connectivity index (χ3v) is 3.77. The van der Waals surface area contributed by atoms with E-state index in [9.17, 15) is 8.42 Å². The van der Waals surface area contributed by atoms with E-state index in [1.807, 2.05) is 6.92 Å². The summed E-state index contributed by atoms with van der Waals surface area (Å²) >= 11 is 0. The van der Waals surface area contributed by atoms with Crippen LogP contribution < -0.4 is 4.72 Å². The molecule has 1 aliphatic heterocycles. The predicted molar refractivity (Wildman–Crippen MR) is 55.6 cm³/mol. The highest BCUT2D eigenvalue weighted by Gasteiger charge is 2.28. The summed E-state index contributed by atoms with van der Waals surface area (Å²) in [5.41, 5.74) is -0.0409. The van der Waals surface area contributed by atoms with E-state index in [2.05, 4.69) is 4.72 Å². The second kappa shape index (κ2) is 4.92. The molecule has 0 aromatic rings. The zero-order valence-corrected chi connectivity index (χ0v) is 9.64. The number of hydrogen-bond acceptors (Lipinski definition) is 4. The first kappa shape index (κ1) is 12.4. The highest BCUT2D eigenvalue weighted by atomic mass is 32.2. The fourth-order valence-electron chi connectivity index (χ4n) is 1.46. The normalized spacial score (nSPS) is 20.8. The first-order valence-corrected chi connectivity index (χ1v) is 6.55. The van der Waals surface area contributed by atoms with Gasteiger partial charge >= 0.3 is 0 Å². The summed E-state index contributed by atoms with van der Waals surface area (Å²) in [6.45, 7) is 3.78. The summed E-state index contributed by atoms with van der Waals surface area (Å²) in [7, 11) is -3.42. The maximum Gasteiger partial charge on any atom is 0.225 e. The van der Waals surface area contributed by atoms with E-state index in [1.54, 1.807) is 6.07 Å². The molecule has 5 nitrogen and oxygen atoms in total. The van der Waals surface area contributed by atoms with E-state index in [0.29, 0.717) is 19.8 Å². The highest BCUT2D eigenvalue weighted by Crippen LogP contribution is 2.28. The molecule has 1 saturated heterocycles. The summed E-state index contributed by atoms with van der Waals surface area (Å²) in [6.07, 6.45) is 1.70. The molecule has 86 valence electrons. The number of sulfonamides is 1. The SMILES string of the molecule is CC1(CNS(=O)(=O)CC#N)CCOCC1. The zero-order valence-electron chi connectivity index (χ0n) is 8.82. The van der Waals surface area contributed by atoms with Crippen molar-refractivity contribution >= 4 is 10.0 Å². The smallest absolute Gasteiger partial charge is 0.225 e. The van der Waals surface area contributed by atoms with Crippen LogP contribution in [-0.4, -0.2) is 33.9 Å². The Kier molecular flexibility index (Phi) is 4.08. The van der Waals surface area contributed by atoms with Gasteiger partial charge in [0, 0.05) is 19.8 Å². The molecule has 1 heterocycles. The highest BCUT2D eigenvalue weighted by molar-refractivity contribution is 7.89. The van der Waals surface area contributed by atoms with Gasteiger partial charge in [-0.25, -0.2) is 13.1 Å². The van der Waals surface area contributed by atoms with Crippen molar-refractivity contribution in [3.63, 3.8) is 0 Å². The lowest BCUT2D eigenvalue weighted by molar-refractivity contribution is 0.0265. The second-order valence-electron chi connectivity index (χ2n) is 4.16. The maximum atomic E-state index is 11.3. The van der Waals surface area contributed by atoms with E-state index in [4.69, 9.17) is 10.00 Å². The average Bonchev–Trinajstić information content (AvgIpc) is 2.17. The lowest BCUT2D eigenvalue weighted by atomic mass is 9.83. The standard InChI is InChI=1S/C9H16N2O3S/c1-9(2-5-14-6-3-9)8-11-15(12,13)7-4-10/h11H,2-3,5-8H2,1H3. The number of rotatable bonds is 4. The molecule has 0 aliphatic carbocycles. The summed E-state index contributed by atoms with van der Waals surface area (Å²) in [4.78, 5) is 0. The number of nitrogens with one attached hydrogen (secondary N) is 1. The van der Waals surface area contributed by atoms with Gasteiger partial charge in [0.2, 0.25) is 10.0 Å². The van der Waals surface area contributed by atoms with Crippen LogP contribution in [0.15, 0.2) is 0 Å². The minimum Gasteiger partial charge on any atom is -0.381 e. The fourth-order valence-corrected chi connectivity index (χ4v) is 2.30. The van der Waals surface area contributed by atoms with Crippen molar-refractivity contribution in [2.24, 2.45) is 5.41 Å². The van der Waals surface area contributed by atoms with Crippen molar-refractivity contribution in [3.05, 3.63) is 0 Å². The van der Waals surface area contributed by atoms with Crippen LogP contribution in [0.3, 0.4) is 0 Å². The van der Waals surface area contributed by atoms with Crippen molar-refractivity contribution < 1.29 is 13.2 Å². The monoisotopic (exact) mass is 232 g/mol. The molecule has 1 rings (SSSR count). The Morgan fingerprint density at radius 2 is 2.07 bits per heavy atom. The first-order chi connectivity index (χ1) is 6.97. The van der Waals surface area contributed by atoms with Gasteiger partial charge in [-0.15, -0.1) is 0 Å². The Morgan fingerprint density at radius 1 is 1.47 bits per heavy atom. The van der Waals surface area contributed by atoms with Crippen LogP contribution in [0.4, 0.5) is 0 Å². The van der Waals surface area contributed by atoms with Crippen molar-refractivity contribution in [1.29, 1.82) is 5.26 Å². The molecule has 0 atom stereocenters. The molecule has 15 heavy (non-hydrogen) atoms. The molecule has 6 heteroatoms. The Labute approximate surface area is 90.5 Å². The molecule has 0 saturated carbocycles. The van der Waals surface area contributed by atoms with E-state index in [1.165, 1.54) is 0 Å². The van der Waals surface area contributed by atoms with Crippen LogP contribution in [-0.2, 0) is 14.8 Å². The molecule has 1 N–H and O–H groups in total. The van der Waals surface area contributed by atoms with Gasteiger partial charge in [0.05, 0.1) is 6.07 Å². The van der Waals surface area contributed by atoms with Gasteiger partial charge in [-0.05, 0) is 18.3 Å². The fraction of sp³-hybridized carbons (Fsp3) is 0.889. The quantitative estimate of drug-likeness (QED) is 0.753. The number of nitriles is 1. The third-order valence-electron chi connectivity index (χ3n) is 2.67. The Morgan fingerprint density at radius 3 is 2.60 bits per heavy atom. The van der Waals surface area contributed by atoms with Gasteiger partial charge in [-0.3, -0.25) is 0 Å². The molecular formula is C9H16N2O3S. The van der Waals surface area contributed by atoms with E-state index >= 15 is 0 Å². The largest absolute Gasteiger partial charge is 0.381 e. The van der Waals surface area contributed by atoms with Gasteiger partial charge in [0.1, 0.15) is 0 Å². The van der Waals surface area contributed by atoms with Crippen LogP contribution in [0.2, 0.25) is 0 Å². The number of nitrogens with zero attached hydrogens (tertiary/aromatic N) is 1. The predicted octanol–water partition coefficient (Wildman–Crippen LogP) is 0.246. The lowest BCUT2D eigenvalue weighted by Gasteiger charge is -2.33. The Balaban J connectivity index is 2.45. The second-order valence-corrected chi connectivity index (χ2v) is 5.97. The molecule has 0 amide bonds.